The van der Waals surface area contributed by atoms with Crippen molar-refractivity contribution in [3.63, 3.8) is 0 Å². The summed E-state index contributed by atoms with van der Waals surface area (Å²) in [5, 5.41) is 2.89. The molecule has 1 saturated heterocycles. The summed E-state index contributed by atoms with van der Waals surface area (Å²) >= 11 is 0. The molecule has 128 valence electrons. The maximum atomic E-state index is 14.0. The molecule has 0 unspecified atom stereocenters. The Morgan fingerprint density at radius 1 is 1.50 bits per heavy atom. The van der Waals surface area contributed by atoms with Crippen LogP contribution in [0.5, 0.6) is 0 Å². The third-order valence-corrected chi connectivity index (χ3v) is 4.09. The molecule has 1 atom stereocenters. The van der Waals surface area contributed by atoms with Crippen molar-refractivity contribution in [2.24, 2.45) is 0 Å². The number of nitrogens with zero attached hydrogens (tertiary/aromatic N) is 3. The fraction of sp³-hybridized carbons (Fsp3) is 0.412. The van der Waals surface area contributed by atoms with Crippen LogP contribution in [0.2, 0.25) is 0 Å². The molecule has 2 amide bonds. The van der Waals surface area contributed by atoms with Crippen LogP contribution in [0.15, 0.2) is 36.9 Å². The zero-order valence-electron chi connectivity index (χ0n) is 13.6. The molecule has 0 spiro atoms. The minimum Gasteiger partial charge on any atom is -0.377 e. The molecule has 0 saturated carbocycles. The number of carbonyl (C=O) groups excluding carboxylic acids is 1. The van der Waals surface area contributed by atoms with E-state index in [0.717, 1.165) is 5.56 Å². The Hall–Kier alpha value is -2.41. The first-order valence-electron chi connectivity index (χ1n) is 7.99. The van der Waals surface area contributed by atoms with Crippen LogP contribution in [0.25, 0.3) is 0 Å². The van der Waals surface area contributed by atoms with Crippen LogP contribution in [0.1, 0.15) is 18.1 Å². The van der Waals surface area contributed by atoms with Gasteiger partial charge in [-0.3, -0.25) is 0 Å². The first-order chi connectivity index (χ1) is 11.6. The standard InChI is InChI=1S/C17H21FN4O2/c1-13-11-24-7-6-22(13)17(23)20-9-14-2-3-16(18)15(8-14)10-21-5-4-19-12-21/h2-5,8,12-13H,6-7,9-11H2,1H3,(H,20,23)/t13-/m1/s1. The molecule has 1 fully saturated rings. The number of morpholine rings is 1. The molecule has 1 aliphatic heterocycles. The second-order valence-corrected chi connectivity index (χ2v) is 5.94. The Labute approximate surface area is 140 Å². The van der Waals surface area contributed by atoms with E-state index in [-0.39, 0.29) is 17.9 Å². The van der Waals surface area contributed by atoms with Crippen LogP contribution in [0.4, 0.5) is 9.18 Å². The van der Waals surface area contributed by atoms with Crippen molar-refractivity contribution in [2.75, 3.05) is 19.8 Å². The maximum Gasteiger partial charge on any atom is 0.318 e. The highest BCUT2D eigenvalue weighted by Gasteiger charge is 2.23. The number of hydrogen-bond acceptors (Lipinski definition) is 3. The number of nitrogens with one attached hydrogen (secondary N) is 1. The SMILES string of the molecule is C[C@@H]1COCCN1C(=O)NCc1ccc(F)c(Cn2ccnc2)c1. The van der Waals surface area contributed by atoms with Crippen LogP contribution in [-0.4, -0.2) is 46.3 Å². The van der Waals surface area contributed by atoms with Crippen LogP contribution in [0, 0.1) is 5.82 Å². The van der Waals surface area contributed by atoms with Crippen molar-refractivity contribution in [2.45, 2.75) is 26.1 Å². The predicted octanol–water partition coefficient (Wildman–Crippen LogP) is 2.00. The summed E-state index contributed by atoms with van der Waals surface area (Å²) in [6.45, 7) is 4.43. The van der Waals surface area contributed by atoms with Gasteiger partial charge in [0.05, 0.1) is 32.1 Å². The second kappa shape index (κ2) is 7.44. The minimum absolute atomic E-state index is 0.0590. The number of halogens is 1. The number of imidazole rings is 1. The molecule has 1 N–H and O–H groups in total. The summed E-state index contributed by atoms with van der Waals surface area (Å²) < 4.78 is 21.1. The van der Waals surface area contributed by atoms with Crippen molar-refractivity contribution < 1.29 is 13.9 Å². The summed E-state index contributed by atoms with van der Waals surface area (Å²) in [6, 6.07) is 4.84. The smallest absolute Gasteiger partial charge is 0.318 e. The topological polar surface area (TPSA) is 59.4 Å². The van der Waals surface area contributed by atoms with Gasteiger partial charge in [-0.2, -0.15) is 0 Å². The van der Waals surface area contributed by atoms with Gasteiger partial charge in [0.2, 0.25) is 0 Å². The summed E-state index contributed by atoms with van der Waals surface area (Å²) in [4.78, 5) is 18.0. The highest BCUT2D eigenvalue weighted by molar-refractivity contribution is 5.74. The van der Waals surface area contributed by atoms with E-state index < -0.39 is 0 Å². The highest BCUT2D eigenvalue weighted by atomic mass is 19.1. The van der Waals surface area contributed by atoms with E-state index in [9.17, 15) is 9.18 Å². The number of urea groups is 1. The molecule has 1 aliphatic rings. The summed E-state index contributed by atoms with van der Waals surface area (Å²) in [7, 11) is 0. The lowest BCUT2D eigenvalue weighted by atomic mass is 10.1. The van der Waals surface area contributed by atoms with E-state index in [1.807, 2.05) is 6.92 Å². The normalized spacial score (nSPS) is 17.8. The fourth-order valence-electron chi connectivity index (χ4n) is 2.74. The van der Waals surface area contributed by atoms with Gasteiger partial charge in [0.15, 0.2) is 0 Å². The van der Waals surface area contributed by atoms with Gasteiger partial charge in [0.1, 0.15) is 5.82 Å². The molecule has 3 rings (SSSR count). The Balaban J connectivity index is 1.61. The number of ether oxygens (including phenoxy) is 1. The van der Waals surface area contributed by atoms with Crippen LogP contribution in [0.3, 0.4) is 0 Å². The number of rotatable bonds is 4. The number of benzene rings is 1. The molecule has 24 heavy (non-hydrogen) atoms. The van der Waals surface area contributed by atoms with Gasteiger partial charge < -0.3 is 19.5 Å². The molecule has 6 nitrogen and oxygen atoms in total. The average Bonchev–Trinajstić information content (AvgIpc) is 3.09. The zero-order valence-corrected chi connectivity index (χ0v) is 13.6. The van der Waals surface area contributed by atoms with Gasteiger partial charge in [-0.05, 0) is 24.6 Å². The Morgan fingerprint density at radius 2 is 2.38 bits per heavy atom. The Kier molecular flexibility index (Phi) is 5.10. The van der Waals surface area contributed by atoms with E-state index in [4.69, 9.17) is 4.74 Å². The largest absolute Gasteiger partial charge is 0.377 e. The molecular weight excluding hydrogens is 311 g/mol. The maximum absolute atomic E-state index is 14.0. The summed E-state index contributed by atoms with van der Waals surface area (Å²) in [5.41, 5.74) is 1.43. The molecule has 0 bridgehead atoms. The summed E-state index contributed by atoms with van der Waals surface area (Å²) in [5.74, 6) is -0.263. The Morgan fingerprint density at radius 3 is 3.12 bits per heavy atom. The van der Waals surface area contributed by atoms with E-state index in [1.165, 1.54) is 6.07 Å². The molecule has 1 aromatic carbocycles. The van der Waals surface area contributed by atoms with Gasteiger partial charge in [-0.15, -0.1) is 0 Å². The highest BCUT2D eigenvalue weighted by Crippen LogP contribution is 2.13. The molecule has 2 aromatic rings. The monoisotopic (exact) mass is 332 g/mol. The molecule has 7 heteroatoms. The van der Waals surface area contributed by atoms with Gasteiger partial charge >= 0.3 is 6.03 Å². The zero-order chi connectivity index (χ0) is 16.9. The molecule has 0 aliphatic carbocycles. The van der Waals surface area contributed by atoms with Crippen LogP contribution < -0.4 is 5.32 Å². The number of carbonyl (C=O) groups is 1. The van der Waals surface area contributed by atoms with Gasteiger partial charge in [-0.25, -0.2) is 14.2 Å². The summed E-state index contributed by atoms with van der Waals surface area (Å²) in [6.07, 6.45) is 5.09. The van der Waals surface area contributed by atoms with E-state index in [1.54, 1.807) is 40.3 Å². The average molecular weight is 332 g/mol. The predicted molar refractivity (Wildman–Crippen MR) is 87.0 cm³/mol. The second-order valence-electron chi connectivity index (χ2n) is 5.94. The van der Waals surface area contributed by atoms with E-state index >= 15 is 0 Å². The van der Waals surface area contributed by atoms with E-state index in [0.29, 0.717) is 38.4 Å². The fourth-order valence-corrected chi connectivity index (χ4v) is 2.74. The van der Waals surface area contributed by atoms with Gasteiger partial charge in [0.25, 0.3) is 0 Å². The van der Waals surface area contributed by atoms with Crippen LogP contribution >= 0.6 is 0 Å². The number of aromatic nitrogens is 2. The molecular formula is C17H21FN4O2. The van der Waals surface area contributed by atoms with E-state index in [2.05, 4.69) is 10.3 Å². The molecule has 1 aromatic heterocycles. The first-order valence-corrected chi connectivity index (χ1v) is 7.99. The Bertz CT molecular complexity index is 690. The molecule has 2 heterocycles. The third kappa shape index (κ3) is 3.91. The lowest BCUT2D eigenvalue weighted by molar-refractivity contribution is 0.0190. The third-order valence-electron chi connectivity index (χ3n) is 4.09. The van der Waals surface area contributed by atoms with Crippen molar-refractivity contribution in [3.05, 3.63) is 53.9 Å². The van der Waals surface area contributed by atoms with Gasteiger partial charge in [0, 0.05) is 31.0 Å². The quantitative estimate of drug-likeness (QED) is 0.932. The van der Waals surface area contributed by atoms with Crippen molar-refractivity contribution in [3.8, 4) is 0 Å². The van der Waals surface area contributed by atoms with Crippen molar-refractivity contribution in [1.29, 1.82) is 0 Å². The lowest BCUT2D eigenvalue weighted by Crippen LogP contribution is -2.51. The number of amides is 2. The minimum atomic E-state index is -0.263. The first kappa shape index (κ1) is 16.4. The number of hydrogen-bond donors (Lipinski definition) is 1. The van der Waals surface area contributed by atoms with Gasteiger partial charge in [-0.1, -0.05) is 6.07 Å². The van der Waals surface area contributed by atoms with Crippen LogP contribution in [-0.2, 0) is 17.8 Å². The lowest BCUT2D eigenvalue weighted by Gasteiger charge is -2.33. The van der Waals surface area contributed by atoms with Crippen molar-refractivity contribution >= 4 is 6.03 Å². The molecule has 0 radical (unpaired) electrons. The van der Waals surface area contributed by atoms with Crippen molar-refractivity contribution in [1.82, 2.24) is 19.8 Å².